The highest BCUT2D eigenvalue weighted by Gasteiger charge is 2.52. The number of anilines is 3. The summed E-state index contributed by atoms with van der Waals surface area (Å²) in [5, 5.41) is 2.76. The molecule has 6 rings (SSSR count). The molecule has 3 aliphatic rings. The number of piperazine rings is 1. The van der Waals surface area contributed by atoms with E-state index in [2.05, 4.69) is 31.2 Å². The molecule has 166 valence electrons. The van der Waals surface area contributed by atoms with Crippen LogP contribution in [0.25, 0.3) is 11.3 Å². The molecule has 2 amide bonds. The molecule has 1 aromatic carbocycles. The normalized spacial score (nSPS) is 18.2. The maximum Gasteiger partial charge on any atom is 0.254 e. The van der Waals surface area contributed by atoms with E-state index in [1.165, 1.54) is 5.56 Å². The van der Waals surface area contributed by atoms with Crippen molar-refractivity contribution in [1.29, 1.82) is 0 Å². The summed E-state index contributed by atoms with van der Waals surface area (Å²) in [7, 11) is 0. The van der Waals surface area contributed by atoms with Gasteiger partial charge in [-0.25, -0.2) is 9.97 Å². The fourth-order valence-electron chi connectivity index (χ4n) is 4.76. The summed E-state index contributed by atoms with van der Waals surface area (Å²) < 4.78 is 0. The number of aromatic nitrogens is 3. The number of amides is 2. The zero-order valence-electron chi connectivity index (χ0n) is 18.0. The molecule has 2 aliphatic heterocycles. The number of hydrogen-bond acceptors (Lipinski definition) is 7. The van der Waals surface area contributed by atoms with E-state index in [1.807, 2.05) is 12.1 Å². The van der Waals surface area contributed by atoms with Crippen molar-refractivity contribution in [3.05, 3.63) is 60.0 Å². The van der Waals surface area contributed by atoms with E-state index in [9.17, 15) is 9.59 Å². The van der Waals surface area contributed by atoms with Gasteiger partial charge in [-0.3, -0.25) is 14.6 Å². The fraction of sp³-hybridized carbons (Fsp3) is 0.292. The van der Waals surface area contributed by atoms with Gasteiger partial charge >= 0.3 is 0 Å². The molecule has 3 N–H and O–H groups in total. The van der Waals surface area contributed by atoms with E-state index in [0.29, 0.717) is 30.3 Å². The second kappa shape index (κ2) is 7.26. The van der Waals surface area contributed by atoms with Crippen molar-refractivity contribution in [2.24, 2.45) is 0 Å². The molecule has 4 heterocycles. The van der Waals surface area contributed by atoms with Crippen LogP contribution in [0.15, 0.2) is 48.9 Å². The minimum atomic E-state index is -0.131. The third-order valence-corrected chi connectivity index (χ3v) is 6.71. The van der Waals surface area contributed by atoms with Gasteiger partial charge in [0.25, 0.3) is 5.91 Å². The average Bonchev–Trinajstić information content (AvgIpc) is 3.55. The van der Waals surface area contributed by atoms with Crippen molar-refractivity contribution in [2.75, 3.05) is 36.8 Å². The lowest BCUT2D eigenvalue weighted by Crippen LogP contribution is -2.49. The summed E-state index contributed by atoms with van der Waals surface area (Å²) in [4.78, 5) is 42.1. The fourth-order valence-corrected chi connectivity index (χ4v) is 4.76. The number of fused-ring (bicyclic) bond motifs is 2. The van der Waals surface area contributed by atoms with Gasteiger partial charge in [0.05, 0.1) is 12.2 Å². The van der Waals surface area contributed by atoms with E-state index in [0.717, 1.165) is 36.3 Å². The van der Waals surface area contributed by atoms with Crippen LogP contribution in [-0.4, -0.2) is 57.8 Å². The predicted octanol–water partition coefficient (Wildman–Crippen LogP) is 1.88. The number of carbonyl (C=O) groups excluding carboxylic acids is 2. The molecule has 0 bridgehead atoms. The Labute approximate surface area is 190 Å². The average molecular weight is 441 g/mol. The molecule has 1 aliphatic carbocycles. The molecule has 0 unspecified atom stereocenters. The lowest BCUT2D eigenvalue weighted by atomic mass is 9.97. The minimum Gasteiger partial charge on any atom is -0.399 e. The molecule has 9 heteroatoms. The Morgan fingerprint density at radius 2 is 1.91 bits per heavy atom. The van der Waals surface area contributed by atoms with Crippen molar-refractivity contribution in [3.63, 3.8) is 0 Å². The van der Waals surface area contributed by atoms with E-state index in [1.54, 1.807) is 35.6 Å². The molecular formula is C24H23N7O2. The SMILES string of the molecule is Nc1ccnc(-c2cnc(N3CC4(CC4)c4ccc(C(=O)N5CCNC(=O)C5)cc43)nc2)c1. The topological polar surface area (TPSA) is 117 Å². The Morgan fingerprint density at radius 1 is 1.09 bits per heavy atom. The van der Waals surface area contributed by atoms with Gasteiger partial charge in [0, 0.05) is 66.1 Å². The number of benzene rings is 1. The van der Waals surface area contributed by atoms with Crippen LogP contribution < -0.4 is 16.0 Å². The summed E-state index contributed by atoms with van der Waals surface area (Å²) in [6, 6.07) is 9.40. The van der Waals surface area contributed by atoms with Crippen LogP contribution in [0.2, 0.25) is 0 Å². The van der Waals surface area contributed by atoms with Crippen LogP contribution >= 0.6 is 0 Å². The number of hydrogen-bond donors (Lipinski definition) is 2. The first kappa shape index (κ1) is 19.7. The summed E-state index contributed by atoms with van der Waals surface area (Å²) in [5.41, 5.74) is 10.9. The lowest BCUT2D eigenvalue weighted by Gasteiger charge is -2.27. The largest absolute Gasteiger partial charge is 0.399 e. The zero-order valence-corrected chi connectivity index (χ0v) is 18.0. The molecule has 1 saturated carbocycles. The monoisotopic (exact) mass is 441 g/mol. The first-order chi connectivity index (χ1) is 16.0. The van der Waals surface area contributed by atoms with E-state index in [-0.39, 0.29) is 23.8 Å². The van der Waals surface area contributed by atoms with Crippen molar-refractivity contribution >= 4 is 29.1 Å². The van der Waals surface area contributed by atoms with E-state index in [4.69, 9.17) is 5.73 Å². The second-order valence-electron chi connectivity index (χ2n) is 8.92. The van der Waals surface area contributed by atoms with Crippen LogP contribution in [0, 0.1) is 0 Å². The highest BCUT2D eigenvalue weighted by atomic mass is 16.2. The molecular weight excluding hydrogens is 418 g/mol. The van der Waals surface area contributed by atoms with Crippen molar-refractivity contribution in [1.82, 2.24) is 25.2 Å². The number of nitrogen functional groups attached to an aromatic ring is 1. The Balaban J connectivity index is 1.32. The zero-order chi connectivity index (χ0) is 22.6. The predicted molar refractivity (Wildman–Crippen MR) is 123 cm³/mol. The quantitative estimate of drug-likeness (QED) is 0.637. The van der Waals surface area contributed by atoms with Crippen LogP contribution in [0.3, 0.4) is 0 Å². The van der Waals surface area contributed by atoms with Crippen molar-refractivity contribution in [2.45, 2.75) is 18.3 Å². The van der Waals surface area contributed by atoms with E-state index < -0.39 is 0 Å². The number of rotatable bonds is 3. The number of carbonyl (C=O) groups is 2. The Hall–Kier alpha value is -4.01. The van der Waals surface area contributed by atoms with Gasteiger partial charge in [0.2, 0.25) is 11.9 Å². The summed E-state index contributed by atoms with van der Waals surface area (Å²) in [6.07, 6.45) is 7.39. The highest BCUT2D eigenvalue weighted by molar-refractivity contribution is 5.98. The Kier molecular flexibility index (Phi) is 4.33. The summed E-state index contributed by atoms with van der Waals surface area (Å²) in [6.45, 7) is 1.87. The standard InChI is InChI=1S/C24H23N7O2/c25-17-3-6-26-19(10-17)16-11-28-23(29-12-16)31-14-24(4-5-24)18-2-1-15(9-20(18)31)22(33)30-8-7-27-21(32)13-30/h1-3,6,9-12H,4-5,7-8,13-14H2,(H2,25,26)(H,27,32). The number of nitrogens with zero attached hydrogens (tertiary/aromatic N) is 5. The summed E-state index contributed by atoms with van der Waals surface area (Å²) in [5.74, 6) is 0.334. The van der Waals surface area contributed by atoms with Crippen molar-refractivity contribution in [3.8, 4) is 11.3 Å². The molecule has 3 aromatic rings. The van der Waals surface area contributed by atoms with Gasteiger partial charge in [-0.05, 0) is 42.7 Å². The number of nitrogens with one attached hydrogen (secondary N) is 1. The van der Waals surface area contributed by atoms with Gasteiger partial charge < -0.3 is 20.9 Å². The van der Waals surface area contributed by atoms with Crippen LogP contribution in [0.1, 0.15) is 28.8 Å². The first-order valence-corrected chi connectivity index (χ1v) is 11.0. The van der Waals surface area contributed by atoms with Gasteiger partial charge in [-0.15, -0.1) is 0 Å². The lowest BCUT2D eigenvalue weighted by molar-refractivity contribution is -0.123. The number of pyridine rings is 1. The van der Waals surface area contributed by atoms with Gasteiger partial charge in [0.15, 0.2) is 0 Å². The summed E-state index contributed by atoms with van der Waals surface area (Å²) >= 11 is 0. The molecule has 33 heavy (non-hydrogen) atoms. The third kappa shape index (κ3) is 3.36. The first-order valence-electron chi connectivity index (χ1n) is 11.0. The molecule has 0 atom stereocenters. The molecule has 1 spiro atoms. The van der Waals surface area contributed by atoms with Crippen LogP contribution in [0.5, 0.6) is 0 Å². The smallest absolute Gasteiger partial charge is 0.254 e. The third-order valence-electron chi connectivity index (χ3n) is 6.71. The molecule has 0 radical (unpaired) electrons. The van der Waals surface area contributed by atoms with E-state index >= 15 is 0 Å². The minimum absolute atomic E-state index is 0.0895. The second-order valence-corrected chi connectivity index (χ2v) is 8.92. The Bertz CT molecular complexity index is 1270. The van der Waals surface area contributed by atoms with Gasteiger partial charge in [-0.2, -0.15) is 0 Å². The molecule has 2 fully saturated rings. The van der Waals surface area contributed by atoms with Gasteiger partial charge in [-0.1, -0.05) is 6.07 Å². The molecule has 9 nitrogen and oxygen atoms in total. The van der Waals surface area contributed by atoms with Gasteiger partial charge in [0.1, 0.15) is 0 Å². The van der Waals surface area contributed by atoms with Crippen molar-refractivity contribution < 1.29 is 9.59 Å². The van der Waals surface area contributed by atoms with Crippen LogP contribution in [-0.2, 0) is 10.2 Å². The molecule has 2 aromatic heterocycles. The maximum absolute atomic E-state index is 13.1. The van der Waals surface area contributed by atoms with Crippen LogP contribution in [0.4, 0.5) is 17.3 Å². The maximum atomic E-state index is 13.1. The Morgan fingerprint density at radius 3 is 2.64 bits per heavy atom. The molecule has 1 saturated heterocycles. The highest BCUT2D eigenvalue weighted by Crippen LogP contribution is 2.57. The number of nitrogens with two attached hydrogens (primary N) is 1.